The Labute approximate surface area is 122 Å². The molecule has 0 aliphatic rings. The normalized spacial score (nSPS) is 12.1. The molecule has 0 radical (unpaired) electrons. The van der Waals surface area contributed by atoms with Crippen molar-refractivity contribution in [2.24, 2.45) is 5.73 Å². The molecule has 0 aliphatic carbocycles. The Kier molecular flexibility index (Phi) is 4.43. The van der Waals surface area contributed by atoms with E-state index >= 15 is 0 Å². The van der Waals surface area contributed by atoms with Gasteiger partial charge >= 0.3 is 0 Å². The average molecular weight is 293 g/mol. The highest BCUT2D eigenvalue weighted by molar-refractivity contribution is 5.46. The molecule has 5 heteroatoms. The van der Waals surface area contributed by atoms with E-state index in [1.807, 2.05) is 0 Å². The third kappa shape index (κ3) is 2.97. The number of ether oxygens (including phenoxy) is 2. The first-order valence-electron chi connectivity index (χ1n) is 6.41. The minimum absolute atomic E-state index is 0.220. The van der Waals surface area contributed by atoms with Crippen LogP contribution in [0.15, 0.2) is 30.3 Å². The molecule has 0 fully saturated rings. The van der Waals surface area contributed by atoms with E-state index in [4.69, 9.17) is 15.2 Å². The number of halogens is 2. The Morgan fingerprint density at radius 2 is 1.67 bits per heavy atom. The fourth-order valence-corrected chi connectivity index (χ4v) is 2.16. The summed E-state index contributed by atoms with van der Waals surface area (Å²) in [6.07, 6.45) is 0. The molecule has 0 bridgehead atoms. The maximum Gasteiger partial charge on any atom is 0.131 e. The summed E-state index contributed by atoms with van der Waals surface area (Å²) in [4.78, 5) is 0. The molecule has 0 aliphatic heterocycles. The van der Waals surface area contributed by atoms with E-state index in [0.717, 1.165) is 6.07 Å². The van der Waals surface area contributed by atoms with Gasteiger partial charge in [0.1, 0.15) is 23.1 Å². The maximum absolute atomic E-state index is 14.0. The molecule has 2 aromatic carbocycles. The van der Waals surface area contributed by atoms with Crippen molar-refractivity contribution in [2.75, 3.05) is 14.2 Å². The summed E-state index contributed by atoms with van der Waals surface area (Å²) < 4.78 is 37.7. The van der Waals surface area contributed by atoms with Crippen LogP contribution >= 0.6 is 0 Å². The van der Waals surface area contributed by atoms with Gasteiger partial charge in [-0.2, -0.15) is 0 Å². The lowest BCUT2D eigenvalue weighted by molar-refractivity contribution is 0.389. The van der Waals surface area contributed by atoms with Gasteiger partial charge in [0.15, 0.2) is 0 Å². The molecule has 0 spiro atoms. The monoisotopic (exact) mass is 293 g/mol. The first-order valence-corrected chi connectivity index (χ1v) is 6.41. The van der Waals surface area contributed by atoms with Gasteiger partial charge in [-0.3, -0.25) is 0 Å². The van der Waals surface area contributed by atoms with Crippen LogP contribution in [0, 0.1) is 18.6 Å². The van der Waals surface area contributed by atoms with Crippen LogP contribution in [0.2, 0.25) is 0 Å². The lowest BCUT2D eigenvalue weighted by Gasteiger charge is -2.18. The highest BCUT2D eigenvalue weighted by Crippen LogP contribution is 2.33. The van der Waals surface area contributed by atoms with Crippen LogP contribution < -0.4 is 15.2 Å². The molecule has 3 nitrogen and oxygen atoms in total. The summed E-state index contributed by atoms with van der Waals surface area (Å²) >= 11 is 0. The number of nitrogens with two attached hydrogens (primary N) is 1. The Morgan fingerprint density at radius 3 is 2.29 bits per heavy atom. The van der Waals surface area contributed by atoms with Crippen LogP contribution in [0.1, 0.15) is 22.7 Å². The van der Waals surface area contributed by atoms with E-state index in [1.54, 1.807) is 25.1 Å². The minimum Gasteiger partial charge on any atom is -0.497 e. The molecule has 1 atom stereocenters. The molecule has 2 N–H and O–H groups in total. The number of benzene rings is 2. The van der Waals surface area contributed by atoms with Gasteiger partial charge in [-0.25, -0.2) is 8.78 Å². The SMILES string of the molecule is COc1ccc(C(N)c2cc(C)c(F)cc2F)c(OC)c1. The molecule has 1 unspecified atom stereocenters. The third-order valence-corrected chi connectivity index (χ3v) is 3.39. The number of rotatable bonds is 4. The fraction of sp³-hybridized carbons (Fsp3) is 0.250. The van der Waals surface area contributed by atoms with Gasteiger partial charge in [0.2, 0.25) is 0 Å². The largest absolute Gasteiger partial charge is 0.497 e. The van der Waals surface area contributed by atoms with Crippen LogP contribution in [-0.4, -0.2) is 14.2 Å². The Bertz CT molecular complexity index is 659. The summed E-state index contributed by atoms with van der Waals surface area (Å²) in [5.74, 6) is -0.171. The van der Waals surface area contributed by atoms with Crippen molar-refractivity contribution in [3.05, 3.63) is 58.7 Å². The van der Waals surface area contributed by atoms with Gasteiger partial charge in [-0.1, -0.05) is 0 Å². The Morgan fingerprint density at radius 1 is 0.952 bits per heavy atom. The predicted molar refractivity (Wildman–Crippen MR) is 76.7 cm³/mol. The van der Waals surface area contributed by atoms with E-state index in [9.17, 15) is 8.78 Å². The van der Waals surface area contributed by atoms with Gasteiger partial charge in [0, 0.05) is 23.3 Å². The topological polar surface area (TPSA) is 44.5 Å². The highest BCUT2D eigenvalue weighted by Gasteiger charge is 2.19. The second-order valence-corrected chi connectivity index (χ2v) is 4.71. The maximum atomic E-state index is 14.0. The van der Waals surface area contributed by atoms with Crippen molar-refractivity contribution in [2.45, 2.75) is 13.0 Å². The second-order valence-electron chi connectivity index (χ2n) is 4.71. The van der Waals surface area contributed by atoms with Crippen molar-refractivity contribution in [1.82, 2.24) is 0 Å². The Hall–Kier alpha value is -2.14. The summed E-state index contributed by atoms with van der Waals surface area (Å²) in [6, 6.07) is 6.60. The second kappa shape index (κ2) is 6.10. The molecule has 0 heterocycles. The van der Waals surface area contributed by atoms with E-state index in [-0.39, 0.29) is 5.56 Å². The van der Waals surface area contributed by atoms with E-state index in [1.165, 1.54) is 20.3 Å². The summed E-state index contributed by atoms with van der Waals surface area (Å²) in [6.45, 7) is 1.57. The Balaban J connectivity index is 2.49. The molecule has 21 heavy (non-hydrogen) atoms. The van der Waals surface area contributed by atoms with Crippen LogP contribution in [-0.2, 0) is 0 Å². The molecule has 2 rings (SSSR count). The molecule has 0 amide bonds. The van der Waals surface area contributed by atoms with Crippen LogP contribution in [0.4, 0.5) is 8.78 Å². The molecule has 0 saturated heterocycles. The van der Waals surface area contributed by atoms with E-state index in [2.05, 4.69) is 0 Å². The summed E-state index contributed by atoms with van der Waals surface area (Å²) in [5, 5.41) is 0. The van der Waals surface area contributed by atoms with Crippen molar-refractivity contribution >= 4 is 0 Å². The van der Waals surface area contributed by atoms with Gasteiger partial charge in [-0.05, 0) is 30.7 Å². The van der Waals surface area contributed by atoms with Gasteiger partial charge in [0.25, 0.3) is 0 Å². The quantitative estimate of drug-likeness (QED) is 0.940. The lowest BCUT2D eigenvalue weighted by atomic mass is 9.96. The zero-order chi connectivity index (χ0) is 15.6. The van der Waals surface area contributed by atoms with Gasteiger partial charge in [0.05, 0.1) is 20.3 Å². The average Bonchev–Trinajstić information content (AvgIpc) is 2.49. The molecule has 2 aromatic rings. The van der Waals surface area contributed by atoms with Crippen LogP contribution in [0.5, 0.6) is 11.5 Å². The zero-order valence-electron chi connectivity index (χ0n) is 12.1. The predicted octanol–water partition coefficient (Wildman–Crippen LogP) is 3.34. The number of hydrogen-bond donors (Lipinski definition) is 1. The van der Waals surface area contributed by atoms with Gasteiger partial charge in [-0.15, -0.1) is 0 Å². The molecule has 0 saturated carbocycles. The van der Waals surface area contributed by atoms with Crippen molar-refractivity contribution in [1.29, 1.82) is 0 Å². The number of hydrogen-bond acceptors (Lipinski definition) is 3. The minimum atomic E-state index is -0.759. The fourth-order valence-electron chi connectivity index (χ4n) is 2.16. The van der Waals surface area contributed by atoms with Crippen LogP contribution in [0.3, 0.4) is 0 Å². The van der Waals surface area contributed by atoms with Crippen molar-refractivity contribution in [3.8, 4) is 11.5 Å². The van der Waals surface area contributed by atoms with Crippen molar-refractivity contribution in [3.63, 3.8) is 0 Å². The smallest absolute Gasteiger partial charge is 0.131 e. The molecule has 112 valence electrons. The highest BCUT2D eigenvalue weighted by atomic mass is 19.1. The van der Waals surface area contributed by atoms with Crippen molar-refractivity contribution < 1.29 is 18.3 Å². The van der Waals surface area contributed by atoms with Crippen LogP contribution in [0.25, 0.3) is 0 Å². The number of aryl methyl sites for hydroxylation is 1. The van der Waals surface area contributed by atoms with E-state index in [0.29, 0.717) is 22.6 Å². The summed E-state index contributed by atoms with van der Waals surface area (Å²) in [7, 11) is 3.04. The molecule has 0 aromatic heterocycles. The third-order valence-electron chi connectivity index (χ3n) is 3.39. The first-order chi connectivity index (χ1) is 9.97. The number of methoxy groups -OCH3 is 2. The standard InChI is InChI=1S/C16H17F2NO2/c1-9-6-12(14(18)8-13(9)17)16(19)11-5-4-10(20-2)7-15(11)21-3/h4-8,16H,19H2,1-3H3. The summed E-state index contributed by atoms with van der Waals surface area (Å²) in [5.41, 5.74) is 7.28. The first kappa shape index (κ1) is 15.3. The lowest BCUT2D eigenvalue weighted by Crippen LogP contribution is -2.15. The van der Waals surface area contributed by atoms with E-state index < -0.39 is 17.7 Å². The molecular weight excluding hydrogens is 276 g/mol. The zero-order valence-corrected chi connectivity index (χ0v) is 12.1. The van der Waals surface area contributed by atoms with Gasteiger partial charge < -0.3 is 15.2 Å². The molecular formula is C16H17F2NO2.